The summed E-state index contributed by atoms with van der Waals surface area (Å²) in [5, 5.41) is 3.09. The van der Waals surface area contributed by atoms with E-state index in [-0.39, 0.29) is 11.8 Å². The zero-order chi connectivity index (χ0) is 13.5. The van der Waals surface area contributed by atoms with E-state index in [0.717, 1.165) is 5.69 Å². The van der Waals surface area contributed by atoms with Gasteiger partial charge in [0.05, 0.1) is 7.11 Å². The molecule has 1 aromatic carbocycles. The summed E-state index contributed by atoms with van der Waals surface area (Å²) < 4.78 is 18.2. The minimum absolute atomic E-state index is 0.299. The van der Waals surface area contributed by atoms with E-state index in [2.05, 4.69) is 26.0 Å². The average molecular weight is 316 g/mol. The van der Waals surface area contributed by atoms with E-state index in [4.69, 9.17) is 0 Å². The molecule has 0 radical (unpaired) electrons. The molecule has 0 aliphatic heterocycles. The summed E-state index contributed by atoms with van der Waals surface area (Å²) >= 11 is 3.26. The lowest BCUT2D eigenvalue weighted by atomic mass is 10.2. The first-order valence-electron chi connectivity index (χ1n) is 5.54. The van der Waals surface area contributed by atoms with Crippen molar-refractivity contribution in [1.29, 1.82) is 0 Å². The van der Waals surface area contributed by atoms with Crippen LogP contribution in [-0.4, -0.2) is 19.6 Å². The third-order valence-corrected chi connectivity index (χ3v) is 3.06. The Morgan fingerprint density at radius 2 is 2.28 bits per heavy atom. The maximum atomic E-state index is 12.9. The molecule has 0 aliphatic rings. The number of rotatable bonds is 5. The van der Waals surface area contributed by atoms with Crippen molar-refractivity contribution in [2.24, 2.45) is 0 Å². The van der Waals surface area contributed by atoms with Gasteiger partial charge in [-0.1, -0.05) is 13.0 Å². The van der Waals surface area contributed by atoms with Crippen LogP contribution < -0.4 is 5.32 Å². The fourth-order valence-corrected chi connectivity index (χ4v) is 1.91. The van der Waals surface area contributed by atoms with Gasteiger partial charge in [-0.3, -0.25) is 0 Å². The Morgan fingerprint density at radius 1 is 1.56 bits per heavy atom. The number of anilines is 1. The minimum Gasteiger partial charge on any atom is -0.466 e. The van der Waals surface area contributed by atoms with Gasteiger partial charge in [-0.15, -0.1) is 0 Å². The zero-order valence-electron chi connectivity index (χ0n) is 10.3. The maximum absolute atomic E-state index is 12.9. The Morgan fingerprint density at radius 3 is 2.83 bits per heavy atom. The van der Waals surface area contributed by atoms with E-state index in [1.54, 1.807) is 12.1 Å². The molecule has 98 valence electrons. The molecule has 0 spiro atoms. The summed E-state index contributed by atoms with van der Waals surface area (Å²) in [6, 6.07) is 4.39. The highest BCUT2D eigenvalue weighted by Crippen LogP contribution is 2.22. The van der Waals surface area contributed by atoms with Crippen molar-refractivity contribution in [3.05, 3.63) is 40.1 Å². The fraction of sp³-hybridized carbons (Fsp3) is 0.308. The number of nitrogens with one attached hydrogen (secondary N) is 1. The summed E-state index contributed by atoms with van der Waals surface area (Å²) in [5.74, 6) is -0.621. The summed E-state index contributed by atoms with van der Waals surface area (Å²) in [5.41, 5.74) is 1.39. The van der Waals surface area contributed by atoms with E-state index in [1.165, 1.54) is 19.2 Å². The van der Waals surface area contributed by atoms with Crippen molar-refractivity contribution in [2.45, 2.75) is 13.3 Å². The van der Waals surface area contributed by atoms with Gasteiger partial charge in [-0.25, -0.2) is 9.18 Å². The quantitative estimate of drug-likeness (QED) is 0.667. The van der Waals surface area contributed by atoms with Crippen LogP contribution in [0.15, 0.2) is 34.3 Å². The monoisotopic (exact) mass is 315 g/mol. The SMILES string of the molecule is CC/C(=C/CNc1ccc(F)cc1Br)C(=O)OC. The molecule has 0 amide bonds. The lowest BCUT2D eigenvalue weighted by molar-refractivity contribution is -0.136. The summed E-state index contributed by atoms with van der Waals surface area (Å²) in [7, 11) is 1.36. The molecule has 18 heavy (non-hydrogen) atoms. The predicted molar refractivity (Wildman–Crippen MR) is 73.0 cm³/mol. The number of hydrogen-bond donors (Lipinski definition) is 1. The second-order valence-electron chi connectivity index (χ2n) is 3.58. The Kier molecular flexibility index (Phi) is 5.85. The molecule has 0 aliphatic carbocycles. The molecule has 3 nitrogen and oxygen atoms in total. The number of methoxy groups -OCH3 is 1. The van der Waals surface area contributed by atoms with Gasteiger partial charge in [0, 0.05) is 22.3 Å². The number of halogens is 2. The van der Waals surface area contributed by atoms with Crippen LogP contribution in [0.25, 0.3) is 0 Å². The number of esters is 1. The highest BCUT2D eigenvalue weighted by Gasteiger charge is 2.06. The van der Waals surface area contributed by atoms with Gasteiger partial charge in [0.1, 0.15) is 5.82 Å². The number of ether oxygens (including phenoxy) is 1. The first-order valence-corrected chi connectivity index (χ1v) is 6.34. The second kappa shape index (κ2) is 7.16. The van der Waals surface area contributed by atoms with Crippen LogP contribution in [0.1, 0.15) is 13.3 Å². The van der Waals surface area contributed by atoms with Crippen LogP contribution in [0.3, 0.4) is 0 Å². The first-order chi connectivity index (χ1) is 8.58. The molecule has 0 aromatic heterocycles. The second-order valence-corrected chi connectivity index (χ2v) is 4.43. The Bertz CT molecular complexity index is 460. The topological polar surface area (TPSA) is 38.3 Å². The van der Waals surface area contributed by atoms with Gasteiger partial charge in [-0.2, -0.15) is 0 Å². The van der Waals surface area contributed by atoms with Crippen molar-refractivity contribution in [3.8, 4) is 0 Å². The van der Waals surface area contributed by atoms with Crippen LogP contribution in [-0.2, 0) is 9.53 Å². The molecule has 0 saturated carbocycles. The van der Waals surface area contributed by atoms with E-state index >= 15 is 0 Å². The van der Waals surface area contributed by atoms with E-state index in [1.807, 2.05) is 6.92 Å². The minimum atomic E-state index is -0.322. The normalized spacial score (nSPS) is 11.2. The van der Waals surface area contributed by atoms with Crippen molar-refractivity contribution in [3.63, 3.8) is 0 Å². The Balaban J connectivity index is 2.65. The van der Waals surface area contributed by atoms with Crippen molar-refractivity contribution in [2.75, 3.05) is 19.0 Å². The molecule has 0 unspecified atom stereocenters. The third-order valence-electron chi connectivity index (χ3n) is 2.40. The highest BCUT2D eigenvalue weighted by atomic mass is 79.9. The Hall–Kier alpha value is -1.36. The molecule has 1 aromatic rings. The molecule has 0 fully saturated rings. The fourth-order valence-electron chi connectivity index (χ4n) is 1.42. The molecule has 5 heteroatoms. The number of hydrogen-bond acceptors (Lipinski definition) is 3. The zero-order valence-corrected chi connectivity index (χ0v) is 11.9. The van der Waals surface area contributed by atoms with Gasteiger partial charge in [0.25, 0.3) is 0 Å². The van der Waals surface area contributed by atoms with Crippen LogP contribution in [0.4, 0.5) is 10.1 Å². The van der Waals surface area contributed by atoms with Crippen molar-refractivity contribution >= 4 is 27.6 Å². The molecular formula is C13H15BrFNO2. The summed E-state index contributed by atoms with van der Waals surface area (Å²) in [6.07, 6.45) is 2.38. The van der Waals surface area contributed by atoms with E-state index in [0.29, 0.717) is 23.0 Å². The lowest BCUT2D eigenvalue weighted by Gasteiger charge is -2.07. The predicted octanol–water partition coefficient (Wildman–Crippen LogP) is 3.51. The first kappa shape index (κ1) is 14.7. The molecule has 0 atom stereocenters. The lowest BCUT2D eigenvalue weighted by Crippen LogP contribution is -2.07. The highest BCUT2D eigenvalue weighted by molar-refractivity contribution is 9.10. The van der Waals surface area contributed by atoms with Crippen LogP contribution in [0.5, 0.6) is 0 Å². The average Bonchev–Trinajstić information content (AvgIpc) is 2.36. The molecule has 1 N–H and O–H groups in total. The number of benzene rings is 1. The standard InChI is InChI=1S/C13H15BrFNO2/c1-3-9(13(17)18-2)6-7-16-12-5-4-10(15)8-11(12)14/h4-6,8,16H,3,7H2,1-2H3/b9-6-. The van der Waals surface area contributed by atoms with Gasteiger partial charge in [0.2, 0.25) is 0 Å². The molecular weight excluding hydrogens is 301 g/mol. The van der Waals surface area contributed by atoms with Gasteiger partial charge >= 0.3 is 5.97 Å². The van der Waals surface area contributed by atoms with Crippen molar-refractivity contribution < 1.29 is 13.9 Å². The van der Waals surface area contributed by atoms with Gasteiger partial charge in [0.15, 0.2) is 0 Å². The van der Waals surface area contributed by atoms with Gasteiger partial charge < -0.3 is 10.1 Å². The molecule has 0 saturated heterocycles. The summed E-state index contributed by atoms with van der Waals surface area (Å²) in [6.45, 7) is 2.36. The van der Waals surface area contributed by atoms with Crippen LogP contribution in [0, 0.1) is 5.82 Å². The van der Waals surface area contributed by atoms with Gasteiger partial charge in [-0.05, 0) is 40.5 Å². The summed E-state index contributed by atoms with van der Waals surface area (Å²) in [4.78, 5) is 11.3. The van der Waals surface area contributed by atoms with E-state index < -0.39 is 0 Å². The van der Waals surface area contributed by atoms with E-state index in [9.17, 15) is 9.18 Å². The Labute approximate surface area is 114 Å². The van der Waals surface area contributed by atoms with Crippen LogP contribution in [0.2, 0.25) is 0 Å². The number of carbonyl (C=O) groups is 1. The maximum Gasteiger partial charge on any atom is 0.333 e. The van der Waals surface area contributed by atoms with Crippen LogP contribution >= 0.6 is 15.9 Å². The van der Waals surface area contributed by atoms with Crippen molar-refractivity contribution in [1.82, 2.24) is 0 Å². The smallest absolute Gasteiger partial charge is 0.333 e. The largest absolute Gasteiger partial charge is 0.466 e. The molecule has 1 rings (SSSR count). The number of carbonyl (C=O) groups excluding carboxylic acids is 1. The third kappa shape index (κ3) is 4.14. The molecule has 0 heterocycles. The molecule has 0 bridgehead atoms.